The molecule has 0 radical (unpaired) electrons. The van der Waals surface area contributed by atoms with Crippen LogP contribution in [-0.2, 0) is 4.74 Å². The Labute approximate surface area is 81.1 Å². The molecule has 0 saturated carbocycles. The van der Waals surface area contributed by atoms with Crippen molar-refractivity contribution in [1.82, 2.24) is 5.32 Å². The van der Waals surface area contributed by atoms with E-state index in [4.69, 9.17) is 10.00 Å². The first-order chi connectivity index (χ1) is 6.15. The summed E-state index contributed by atoms with van der Waals surface area (Å²) in [5.74, 6) is 0.488. The highest BCUT2D eigenvalue weighted by molar-refractivity contribution is 4.91. The lowest BCUT2D eigenvalue weighted by atomic mass is 10.0. The number of nitrogens with one attached hydrogen (secondary N) is 1. The van der Waals surface area contributed by atoms with E-state index in [0.29, 0.717) is 12.5 Å². The van der Waals surface area contributed by atoms with Gasteiger partial charge in [-0.3, -0.25) is 5.32 Å². The zero-order valence-corrected chi connectivity index (χ0v) is 9.00. The van der Waals surface area contributed by atoms with Crippen LogP contribution in [0.25, 0.3) is 0 Å². The lowest BCUT2D eigenvalue weighted by molar-refractivity contribution is 0.143. The van der Waals surface area contributed by atoms with Crippen molar-refractivity contribution in [3.63, 3.8) is 0 Å². The number of hydrogen-bond donors (Lipinski definition) is 1. The highest BCUT2D eigenvalue weighted by Crippen LogP contribution is 2.04. The Balaban J connectivity index is 4.01. The lowest BCUT2D eigenvalue weighted by Gasteiger charge is -2.23. The first-order valence-corrected chi connectivity index (χ1v) is 4.80. The second kappa shape index (κ2) is 6.88. The van der Waals surface area contributed by atoms with Crippen LogP contribution in [0.3, 0.4) is 0 Å². The number of nitriles is 1. The summed E-state index contributed by atoms with van der Waals surface area (Å²) < 4.78 is 5.08. The average Bonchev–Trinajstić information content (AvgIpc) is 2.11. The van der Waals surface area contributed by atoms with E-state index in [0.717, 1.165) is 6.42 Å². The lowest BCUT2D eigenvalue weighted by Crippen LogP contribution is -2.43. The zero-order valence-electron chi connectivity index (χ0n) is 9.00. The Bertz CT molecular complexity index is 163. The molecule has 0 amide bonds. The normalized spacial score (nSPS) is 15.4. The monoisotopic (exact) mass is 184 g/mol. The van der Waals surface area contributed by atoms with Crippen LogP contribution in [0.2, 0.25) is 0 Å². The SMILES string of the molecule is CCC(C#N)NC(COC)C(C)C. The van der Waals surface area contributed by atoms with Crippen LogP contribution in [-0.4, -0.2) is 25.8 Å². The molecule has 0 aliphatic rings. The maximum Gasteiger partial charge on any atom is 0.0953 e. The molecule has 3 nitrogen and oxygen atoms in total. The first kappa shape index (κ1) is 12.4. The Morgan fingerprint density at radius 1 is 1.46 bits per heavy atom. The van der Waals surface area contributed by atoms with Gasteiger partial charge in [0.2, 0.25) is 0 Å². The van der Waals surface area contributed by atoms with Crippen molar-refractivity contribution >= 4 is 0 Å². The van der Waals surface area contributed by atoms with Crippen LogP contribution in [0.4, 0.5) is 0 Å². The number of nitrogens with zero attached hydrogens (tertiary/aromatic N) is 1. The molecule has 0 aromatic carbocycles. The van der Waals surface area contributed by atoms with Gasteiger partial charge < -0.3 is 4.74 Å². The van der Waals surface area contributed by atoms with Crippen LogP contribution >= 0.6 is 0 Å². The van der Waals surface area contributed by atoms with E-state index in [1.807, 2.05) is 6.92 Å². The van der Waals surface area contributed by atoms with Gasteiger partial charge in [0.05, 0.1) is 18.7 Å². The van der Waals surface area contributed by atoms with Crippen LogP contribution in [0, 0.1) is 17.2 Å². The summed E-state index contributed by atoms with van der Waals surface area (Å²) in [6, 6.07) is 2.45. The van der Waals surface area contributed by atoms with Crippen molar-refractivity contribution in [3.8, 4) is 6.07 Å². The maximum atomic E-state index is 8.77. The fraction of sp³-hybridized carbons (Fsp3) is 0.900. The predicted molar refractivity (Wildman–Crippen MR) is 53.3 cm³/mol. The summed E-state index contributed by atoms with van der Waals surface area (Å²) in [6.45, 7) is 6.92. The molecule has 0 spiro atoms. The molecule has 0 aliphatic carbocycles. The van der Waals surface area contributed by atoms with Crippen LogP contribution in [0.15, 0.2) is 0 Å². The fourth-order valence-electron chi connectivity index (χ4n) is 1.12. The van der Waals surface area contributed by atoms with Gasteiger partial charge in [-0.2, -0.15) is 5.26 Å². The van der Waals surface area contributed by atoms with Gasteiger partial charge in [0.25, 0.3) is 0 Å². The van der Waals surface area contributed by atoms with E-state index in [9.17, 15) is 0 Å². The Kier molecular flexibility index (Phi) is 6.56. The molecule has 0 rings (SSSR count). The fourth-order valence-corrected chi connectivity index (χ4v) is 1.12. The molecule has 2 atom stereocenters. The van der Waals surface area contributed by atoms with Gasteiger partial charge in [0, 0.05) is 13.2 Å². The molecular weight excluding hydrogens is 164 g/mol. The number of rotatable bonds is 6. The van der Waals surface area contributed by atoms with E-state index in [1.165, 1.54) is 0 Å². The van der Waals surface area contributed by atoms with E-state index < -0.39 is 0 Å². The average molecular weight is 184 g/mol. The summed E-state index contributed by atoms with van der Waals surface area (Å²) in [5, 5.41) is 12.0. The first-order valence-electron chi connectivity index (χ1n) is 4.80. The highest BCUT2D eigenvalue weighted by atomic mass is 16.5. The van der Waals surface area contributed by atoms with Gasteiger partial charge in [-0.1, -0.05) is 20.8 Å². The maximum absolute atomic E-state index is 8.77. The van der Waals surface area contributed by atoms with Crippen molar-refractivity contribution < 1.29 is 4.74 Å². The molecule has 0 aromatic rings. The molecule has 0 aromatic heterocycles. The molecule has 0 fully saturated rings. The topological polar surface area (TPSA) is 45.0 Å². The Morgan fingerprint density at radius 2 is 2.08 bits per heavy atom. The third-order valence-electron chi connectivity index (χ3n) is 2.13. The molecular formula is C10H20N2O. The van der Waals surface area contributed by atoms with E-state index >= 15 is 0 Å². The van der Waals surface area contributed by atoms with Gasteiger partial charge in [-0.25, -0.2) is 0 Å². The smallest absolute Gasteiger partial charge is 0.0953 e. The molecule has 3 heteroatoms. The summed E-state index contributed by atoms with van der Waals surface area (Å²) in [7, 11) is 1.68. The number of ether oxygens (including phenoxy) is 1. The van der Waals surface area contributed by atoms with Crippen molar-refractivity contribution in [2.24, 2.45) is 5.92 Å². The predicted octanol–water partition coefficient (Wildman–Crippen LogP) is 1.55. The molecule has 1 N–H and O–H groups in total. The van der Waals surface area contributed by atoms with Crippen LogP contribution in [0.5, 0.6) is 0 Å². The minimum Gasteiger partial charge on any atom is -0.383 e. The minimum atomic E-state index is -0.0532. The second-order valence-electron chi connectivity index (χ2n) is 3.56. The molecule has 0 aliphatic heterocycles. The summed E-state index contributed by atoms with van der Waals surface area (Å²) in [5.41, 5.74) is 0. The molecule has 0 bridgehead atoms. The quantitative estimate of drug-likeness (QED) is 0.681. The third-order valence-corrected chi connectivity index (χ3v) is 2.13. The number of hydrogen-bond acceptors (Lipinski definition) is 3. The third kappa shape index (κ3) is 4.87. The second-order valence-corrected chi connectivity index (χ2v) is 3.56. The molecule has 13 heavy (non-hydrogen) atoms. The van der Waals surface area contributed by atoms with Crippen LogP contribution in [0.1, 0.15) is 27.2 Å². The Hall–Kier alpha value is -0.590. The van der Waals surface area contributed by atoms with E-state index in [-0.39, 0.29) is 12.1 Å². The van der Waals surface area contributed by atoms with Gasteiger partial charge in [0.15, 0.2) is 0 Å². The van der Waals surface area contributed by atoms with Crippen molar-refractivity contribution in [2.45, 2.75) is 39.3 Å². The summed E-state index contributed by atoms with van der Waals surface area (Å²) in [4.78, 5) is 0. The highest BCUT2D eigenvalue weighted by Gasteiger charge is 2.16. The van der Waals surface area contributed by atoms with Crippen LogP contribution < -0.4 is 5.32 Å². The van der Waals surface area contributed by atoms with Crippen molar-refractivity contribution in [3.05, 3.63) is 0 Å². The molecule has 76 valence electrons. The van der Waals surface area contributed by atoms with E-state index in [1.54, 1.807) is 7.11 Å². The number of methoxy groups -OCH3 is 1. The summed E-state index contributed by atoms with van der Waals surface area (Å²) in [6.07, 6.45) is 0.837. The molecule has 2 unspecified atom stereocenters. The molecule has 0 saturated heterocycles. The summed E-state index contributed by atoms with van der Waals surface area (Å²) >= 11 is 0. The minimum absolute atomic E-state index is 0.0532. The van der Waals surface area contributed by atoms with Gasteiger partial charge in [-0.05, 0) is 12.3 Å². The van der Waals surface area contributed by atoms with Gasteiger partial charge >= 0.3 is 0 Å². The van der Waals surface area contributed by atoms with Crippen molar-refractivity contribution in [2.75, 3.05) is 13.7 Å². The largest absolute Gasteiger partial charge is 0.383 e. The zero-order chi connectivity index (χ0) is 10.3. The molecule has 0 heterocycles. The standard InChI is InChI=1S/C10H20N2O/c1-5-9(6-11)12-10(7-13-4)8(2)3/h8-10,12H,5,7H2,1-4H3. The van der Waals surface area contributed by atoms with E-state index in [2.05, 4.69) is 25.2 Å². The van der Waals surface area contributed by atoms with Gasteiger partial charge in [-0.15, -0.1) is 0 Å². The van der Waals surface area contributed by atoms with Gasteiger partial charge in [0.1, 0.15) is 0 Å². The Morgan fingerprint density at radius 3 is 2.38 bits per heavy atom. The van der Waals surface area contributed by atoms with Crippen molar-refractivity contribution in [1.29, 1.82) is 5.26 Å².